The summed E-state index contributed by atoms with van der Waals surface area (Å²) < 4.78 is 12.4. The number of esters is 1. The van der Waals surface area contributed by atoms with Crippen LogP contribution in [0.25, 0.3) is 0 Å². The number of aryl methyl sites for hydroxylation is 2. The van der Waals surface area contributed by atoms with Gasteiger partial charge in [-0.15, -0.1) is 0 Å². The molecule has 0 fully saturated rings. The van der Waals surface area contributed by atoms with Crippen molar-refractivity contribution in [1.82, 2.24) is 9.78 Å². The van der Waals surface area contributed by atoms with Gasteiger partial charge in [-0.2, -0.15) is 5.10 Å². The van der Waals surface area contributed by atoms with Gasteiger partial charge in [0.2, 0.25) is 12.0 Å². The Kier molecular flexibility index (Phi) is 5.34. The molecule has 1 aromatic carbocycles. The minimum absolute atomic E-state index is 0.0214. The summed E-state index contributed by atoms with van der Waals surface area (Å²) in [5, 5.41) is 6.91. The van der Waals surface area contributed by atoms with Gasteiger partial charge in [-0.3, -0.25) is 14.3 Å². The molecule has 1 aliphatic heterocycles. The van der Waals surface area contributed by atoms with E-state index in [9.17, 15) is 14.4 Å². The third kappa shape index (κ3) is 3.83. The minimum atomic E-state index is -1.01. The highest BCUT2D eigenvalue weighted by Crippen LogP contribution is 2.33. The molecule has 0 bridgehead atoms. The number of carbonyl (C=O) groups excluding carboxylic acids is 3. The molecule has 0 saturated carbocycles. The monoisotopic (exact) mass is 386 g/mol. The van der Waals surface area contributed by atoms with Gasteiger partial charge in [0, 0.05) is 14.0 Å². The van der Waals surface area contributed by atoms with E-state index < -0.39 is 24.6 Å². The number of nitrogens with zero attached hydrogens (tertiary/aromatic N) is 3. The maximum atomic E-state index is 12.4. The number of fused-ring (bicyclic) bond motifs is 1. The van der Waals surface area contributed by atoms with Crippen LogP contribution in [-0.4, -0.2) is 46.8 Å². The van der Waals surface area contributed by atoms with Crippen molar-refractivity contribution >= 4 is 29.2 Å². The van der Waals surface area contributed by atoms with E-state index in [1.165, 1.54) is 11.8 Å². The van der Waals surface area contributed by atoms with Crippen LogP contribution in [0, 0.1) is 13.8 Å². The number of para-hydroxylation sites is 2. The Labute approximate surface area is 162 Å². The average molecular weight is 386 g/mol. The van der Waals surface area contributed by atoms with Crippen molar-refractivity contribution in [2.24, 2.45) is 7.05 Å². The van der Waals surface area contributed by atoms with E-state index in [1.54, 1.807) is 42.9 Å². The first-order chi connectivity index (χ1) is 13.3. The molecule has 0 aliphatic carbocycles. The standard InChI is InChI=1S/C19H22N4O5/c1-11-18(12(2)22(4)21-11)20-17(25)10-27-19(26)16-9-23(13(3)24)14-7-5-6-8-15(14)28-16/h5-8,16H,9-10H2,1-4H3,(H,20,25)/t16-/m1/s1. The molecule has 1 atom stereocenters. The van der Waals surface area contributed by atoms with Crippen molar-refractivity contribution < 1.29 is 23.9 Å². The Morgan fingerprint density at radius 2 is 2.00 bits per heavy atom. The summed E-state index contributed by atoms with van der Waals surface area (Å²) in [6.07, 6.45) is -1.01. The summed E-state index contributed by atoms with van der Waals surface area (Å²) in [4.78, 5) is 37.9. The van der Waals surface area contributed by atoms with E-state index in [0.717, 1.165) is 5.69 Å². The lowest BCUT2D eigenvalue weighted by molar-refractivity contribution is -0.154. The van der Waals surface area contributed by atoms with Crippen LogP contribution in [0.4, 0.5) is 11.4 Å². The van der Waals surface area contributed by atoms with Gasteiger partial charge >= 0.3 is 5.97 Å². The Bertz CT molecular complexity index is 936. The average Bonchev–Trinajstić information content (AvgIpc) is 2.91. The summed E-state index contributed by atoms with van der Waals surface area (Å²) in [5.41, 5.74) is 2.65. The van der Waals surface area contributed by atoms with Crippen LogP contribution in [0.3, 0.4) is 0 Å². The zero-order valence-corrected chi connectivity index (χ0v) is 16.2. The molecule has 9 nitrogen and oxygen atoms in total. The largest absolute Gasteiger partial charge is 0.475 e. The molecular weight excluding hydrogens is 364 g/mol. The van der Waals surface area contributed by atoms with E-state index in [4.69, 9.17) is 9.47 Å². The molecule has 1 aliphatic rings. The van der Waals surface area contributed by atoms with E-state index in [-0.39, 0.29) is 12.5 Å². The lowest BCUT2D eigenvalue weighted by atomic mass is 10.2. The number of amides is 2. The second-order valence-corrected chi connectivity index (χ2v) is 6.53. The number of aromatic nitrogens is 2. The van der Waals surface area contributed by atoms with Crippen molar-refractivity contribution in [2.45, 2.75) is 26.9 Å². The minimum Gasteiger partial charge on any atom is -0.475 e. The molecule has 1 N–H and O–H groups in total. The fraction of sp³-hybridized carbons (Fsp3) is 0.368. The van der Waals surface area contributed by atoms with Gasteiger partial charge < -0.3 is 19.7 Å². The number of rotatable bonds is 4. The molecule has 2 heterocycles. The first-order valence-electron chi connectivity index (χ1n) is 8.78. The molecule has 3 rings (SSSR count). The molecule has 0 saturated heterocycles. The Balaban J connectivity index is 1.62. The second kappa shape index (κ2) is 7.71. The number of hydrogen-bond donors (Lipinski definition) is 1. The first-order valence-corrected chi connectivity index (χ1v) is 8.78. The first kappa shape index (κ1) is 19.4. The van der Waals surface area contributed by atoms with Crippen LogP contribution in [0.15, 0.2) is 24.3 Å². The zero-order chi connectivity index (χ0) is 20.4. The van der Waals surface area contributed by atoms with Gasteiger partial charge in [0.25, 0.3) is 5.91 Å². The van der Waals surface area contributed by atoms with Crippen LogP contribution in [-0.2, 0) is 26.2 Å². The molecule has 0 unspecified atom stereocenters. The number of hydrogen-bond acceptors (Lipinski definition) is 6. The molecule has 9 heteroatoms. The predicted octanol–water partition coefficient (Wildman–Crippen LogP) is 1.33. The Morgan fingerprint density at radius 3 is 2.64 bits per heavy atom. The van der Waals surface area contributed by atoms with Crippen molar-refractivity contribution in [1.29, 1.82) is 0 Å². The highest BCUT2D eigenvalue weighted by Gasteiger charge is 2.33. The van der Waals surface area contributed by atoms with Gasteiger partial charge in [0.1, 0.15) is 5.75 Å². The normalized spacial score (nSPS) is 15.4. The number of benzene rings is 1. The Morgan fingerprint density at radius 1 is 1.29 bits per heavy atom. The summed E-state index contributed by atoms with van der Waals surface area (Å²) in [7, 11) is 1.77. The summed E-state index contributed by atoms with van der Waals surface area (Å²) in [5.74, 6) is -0.992. The lowest BCUT2D eigenvalue weighted by Crippen LogP contribution is -2.47. The van der Waals surface area contributed by atoms with Crippen molar-refractivity contribution in [3.8, 4) is 5.75 Å². The van der Waals surface area contributed by atoms with E-state index in [2.05, 4.69) is 10.4 Å². The fourth-order valence-electron chi connectivity index (χ4n) is 3.01. The zero-order valence-electron chi connectivity index (χ0n) is 16.2. The third-order valence-corrected chi connectivity index (χ3v) is 4.54. The van der Waals surface area contributed by atoms with E-state index >= 15 is 0 Å². The SMILES string of the molecule is CC(=O)N1C[C@H](C(=O)OCC(=O)Nc2c(C)nn(C)c2C)Oc2ccccc21. The third-order valence-electron chi connectivity index (χ3n) is 4.54. The smallest absolute Gasteiger partial charge is 0.349 e. The van der Waals surface area contributed by atoms with Crippen LogP contribution in [0.5, 0.6) is 5.75 Å². The molecular formula is C19H22N4O5. The number of ether oxygens (including phenoxy) is 2. The number of nitrogens with one attached hydrogen (secondary N) is 1. The van der Waals surface area contributed by atoms with Crippen molar-refractivity contribution in [2.75, 3.05) is 23.4 Å². The van der Waals surface area contributed by atoms with Crippen molar-refractivity contribution in [3.63, 3.8) is 0 Å². The van der Waals surface area contributed by atoms with Crippen LogP contribution < -0.4 is 15.0 Å². The quantitative estimate of drug-likeness (QED) is 0.796. The van der Waals surface area contributed by atoms with Gasteiger partial charge in [-0.25, -0.2) is 4.79 Å². The highest BCUT2D eigenvalue weighted by atomic mass is 16.6. The molecule has 2 amide bonds. The molecule has 2 aromatic rings. The number of anilines is 2. The van der Waals surface area contributed by atoms with Gasteiger partial charge in [-0.05, 0) is 26.0 Å². The van der Waals surface area contributed by atoms with E-state index in [1.807, 2.05) is 6.92 Å². The maximum absolute atomic E-state index is 12.4. The van der Waals surface area contributed by atoms with Crippen LogP contribution in [0.2, 0.25) is 0 Å². The summed E-state index contributed by atoms with van der Waals surface area (Å²) in [6.45, 7) is 4.57. The van der Waals surface area contributed by atoms with Crippen LogP contribution in [0.1, 0.15) is 18.3 Å². The summed E-state index contributed by atoms with van der Waals surface area (Å²) >= 11 is 0. The lowest BCUT2D eigenvalue weighted by Gasteiger charge is -2.33. The molecule has 148 valence electrons. The second-order valence-electron chi connectivity index (χ2n) is 6.53. The maximum Gasteiger partial charge on any atom is 0.349 e. The van der Waals surface area contributed by atoms with Crippen LogP contribution >= 0.6 is 0 Å². The highest BCUT2D eigenvalue weighted by molar-refractivity contribution is 5.96. The fourth-order valence-corrected chi connectivity index (χ4v) is 3.01. The van der Waals surface area contributed by atoms with E-state index in [0.29, 0.717) is 22.8 Å². The van der Waals surface area contributed by atoms with Gasteiger partial charge in [0.15, 0.2) is 6.61 Å². The number of carbonyl (C=O) groups is 3. The summed E-state index contributed by atoms with van der Waals surface area (Å²) in [6, 6.07) is 6.94. The molecule has 0 spiro atoms. The van der Waals surface area contributed by atoms with Crippen molar-refractivity contribution in [3.05, 3.63) is 35.7 Å². The predicted molar refractivity (Wildman–Crippen MR) is 101 cm³/mol. The molecule has 28 heavy (non-hydrogen) atoms. The molecule has 1 aromatic heterocycles. The Hall–Kier alpha value is -3.36. The van der Waals surface area contributed by atoms with Gasteiger partial charge in [-0.1, -0.05) is 12.1 Å². The van der Waals surface area contributed by atoms with Gasteiger partial charge in [0.05, 0.1) is 29.3 Å². The topological polar surface area (TPSA) is 103 Å². The molecule has 0 radical (unpaired) electrons.